The summed E-state index contributed by atoms with van der Waals surface area (Å²) < 4.78 is 0. The zero-order valence-electron chi connectivity index (χ0n) is 8.41. The fourth-order valence-corrected chi connectivity index (χ4v) is 1.10. The number of benzene rings is 1. The van der Waals surface area contributed by atoms with Gasteiger partial charge in [0.25, 0.3) is 0 Å². The predicted molar refractivity (Wildman–Crippen MR) is 55.9 cm³/mol. The fourth-order valence-electron chi connectivity index (χ4n) is 1.10. The van der Waals surface area contributed by atoms with E-state index in [2.05, 4.69) is 11.4 Å². The molecule has 0 atom stereocenters. The van der Waals surface area contributed by atoms with Gasteiger partial charge in [0, 0.05) is 5.69 Å². The summed E-state index contributed by atoms with van der Waals surface area (Å²) in [4.78, 5) is 0. The second kappa shape index (κ2) is 4.12. The van der Waals surface area contributed by atoms with Gasteiger partial charge in [-0.25, -0.2) is 0 Å². The van der Waals surface area contributed by atoms with Crippen molar-refractivity contribution in [3.05, 3.63) is 29.8 Å². The lowest BCUT2D eigenvalue weighted by atomic mass is 10.1. The molecule has 0 unspecified atom stereocenters. The van der Waals surface area contributed by atoms with Gasteiger partial charge in [-0.15, -0.1) is 0 Å². The summed E-state index contributed by atoms with van der Waals surface area (Å²) in [6.45, 7) is 3.84. The largest absolute Gasteiger partial charge is 0.394 e. The molecular weight excluding hydrogens is 176 g/mol. The highest BCUT2D eigenvalue weighted by Crippen LogP contribution is 2.15. The van der Waals surface area contributed by atoms with Crippen LogP contribution >= 0.6 is 0 Å². The van der Waals surface area contributed by atoms with Crippen molar-refractivity contribution in [1.82, 2.24) is 0 Å². The van der Waals surface area contributed by atoms with Crippen molar-refractivity contribution in [1.29, 1.82) is 5.26 Å². The third-order valence-electron chi connectivity index (χ3n) is 1.87. The first-order valence-corrected chi connectivity index (χ1v) is 4.46. The number of hydrogen-bond donors (Lipinski definition) is 2. The molecule has 14 heavy (non-hydrogen) atoms. The molecule has 0 spiro atoms. The minimum absolute atomic E-state index is 0.0454. The van der Waals surface area contributed by atoms with Crippen LogP contribution in [0.25, 0.3) is 0 Å². The van der Waals surface area contributed by atoms with E-state index >= 15 is 0 Å². The van der Waals surface area contributed by atoms with Gasteiger partial charge >= 0.3 is 0 Å². The molecular formula is C11H14N2O. The quantitative estimate of drug-likeness (QED) is 0.763. The topological polar surface area (TPSA) is 56.0 Å². The van der Waals surface area contributed by atoms with Crippen molar-refractivity contribution in [3.8, 4) is 6.07 Å². The second-order valence-corrected chi connectivity index (χ2v) is 3.86. The number of rotatable bonds is 3. The molecule has 1 aromatic carbocycles. The third kappa shape index (κ3) is 2.75. The number of hydrogen-bond acceptors (Lipinski definition) is 3. The van der Waals surface area contributed by atoms with Crippen LogP contribution in [0.4, 0.5) is 5.69 Å². The van der Waals surface area contributed by atoms with E-state index < -0.39 is 0 Å². The number of nitrogens with one attached hydrogen (secondary N) is 1. The fraction of sp³-hybridized carbons (Fsp3) is 0.364. The van der Waals surface area contributed by atoms with E-state index in [1.807, 2.05) is 26.0 Å². The molecule has 0 aliphatic heterocycles. The Balaban J connectivity index is 2.83. The molecule has 0 aliphatic carbocycles. The Hall–Kier alpha value is -1.53. The van der Waals surface area contributed by atoms with Crippen LogP contribution in [0.5, 0.6) is 0 Å². The normalized spacial score (nSPS) is 10.7. The summed E-state index contributed by atoms with van der Waals surface area (Å²) in [5.41, 5.74) is 1.10. The first-order valence-electron chi connectivity index (χ1n) is 4.46. The van der Waals surface area contributed by atoms with Crippen molar-refractivity contribution in [2.45, 2.75) is 19.4 Å². The van der Waals surface area contributed by atoms with Crippen LogP contribution in [0.1, 0.15) is 19.4 Å². The summed E-state index contributed by atoms with van der Waals surface area (Å²) in [5, 5.41) is 20.9. The van der Waals surface area contributed by atoms with Gasteiger partial charge in [-0.1, -0.05) is 6.07 Å². The van der Waals surface area contributed by atoms with E-state index in [1.54, 1.807) is 12.1 Å². The first-order chi connectivity index (χ1) is 6.57. The lowest BCUT2D eigenvalue weighted by Gasteiger charge is -2.24. The summed E-state index contributed by atoms with van der Waals surface area (Å²) in [6.07, 6.45) is 0. The average molecular weight is 190 g/mol. The Labute approximate surface area is 84.0 Å². The zero-order valence-corrected chi connectivity index (χ0v) is 8.41. The second-order valence-electron chi connectivity index (χ2n) is 3.86. The molecule has 0 saturated carbocycles. The SMILES string of the molecule is CC(C)(CO)Nc1cccc(C#N)c1. The minimum atomic E-state index is -0.367. The van der Waals surface area contributed by atoms with Crippen LogP contribution in [0.2, 0.25) is 0 Å². The third-order valence-corrected chi connectivity index (χ3v) is 1.87. The Morgan fingerprint density at radius 1 is 1.50 bits per heavy atom. The summed E-state index contributed by atoms with van der Waals surface area (Å²) in [5.74, 6) is 0. The predicted octanol–water partition coefficient (Wildman–Crippen LogP) is 1.74. The first kappa shape index (κ1) is 10.6. The monoisotopic (exact) mass is 190 g/mol. The highest BCUT2D eigenvalue weighted by Gasteiger charge is 2.15. The molecule has 0 aromatic heterocycles. The van der Waals surface area contributed by atoms with Crippen molar-refractivity contribution < 1.29 is 5.11 Å². The van der Waals surface area contributed by atoms with Crippen molar-refractivity contribution in [2.75, 3.05) is 11.9 Å². The van der Waals surface area contributed by atoms with Crippen LogP contribution in [-0.2, 0) is 0 Å². The average Bonchev–Trinajstić information content (AvgIpc) is 2.17. The maximum absolute atomic E-state index is 9.05. The molecule has 2 N–H and O–H groups in total. The highest BCUT2D eigenvalue weighted by molar-refractivity contribution is 5.50. The summed E-state index contributed by atoms with van der Waals surface area (Å²) in [7, 11) is 0. The van der Waals surface area contributed by atoms with Crippen molar-refractivity contribution >= 4 is 5.69 Å². The molecule has 3 nitrogen and oxygen atoms in total. The number of aliphatic hydroxyl groups is 1. The van der Waals surface area contributed by atoms with Crippen LogP contribution in [-0.4, -0.2) is 17.3 Å². The minimum Gasteiger partial charge on any atom is -0.394 e. The zero-order chi connectivity index (χ0) is 10.6. The number of anilines is 1. The van der Waals surface area contributed by atoms with E-state index in [1.165, 1.54) is 0 Å². The summed E-state index contributed by atoms with van der Waals surface area (Å²) in [6, 6.07) is 9.26. The molecule has 3 heteroatoms. The molecule has 0 amide bonds. The standard InChI is InChI=1S/C11H14N2O/c1-11(2,8-14)13-10-5-3-4-9(6-10)7-12/h3-6,13-14H,8H2,1-2H3. The van der Waals surface area contributed by atoms with Crippen LogP contribution in [0.15, 0.2) is 24.3 Å². The molecule has 1 rings (SSSR count). The van der Waals surface area contributed by atoms with Crippen LogP contribution in [0, 0.1) is 11.3 Å². The number of aliphatic hydroxyl groups excluding tert-OH is 1. The van der Waals surface area contributed by atoms with E-state index in [9.17, 15) is 0 Å². The van der Waals surface area contributed by atoms with Gasteiger partial charge in [0.15, 0.2) is 0 Å². The molecule has 0 bridgehead atoms. The summed E-state index contributed by atoms with van der Waals surface area (Å²) >= 11 is 0. The van der Waals surface area contributed by atoms with Gasteiger partial charge in [0.1, 0.15) is 0 Å². The van der Waals surface area contributed by atoms with Gasteiger partial charge in [-0.2, -0.15) is 5.26 Å². The Bertz CT molecular complexity index is 353. The molecule has 0 heterocycles. The molecule has 74 valence electrons. The number of nitriles is 1. The van der Waals surface area contributed by atoms with Gasteiger partial charge in [0.05, 0.1) is 23.8 Å². The lowest BCUT2D eigenvalue weighted by Crippen LogP contribution is -2.34. The van der Waals surface area contributed by atoms with Gasteiger partial charge in [-0.05, 0) is 32.0 Å². The van der Waals surface area contributed by atoms with E-state index in [0.717, 1.165) is 5.69 Å². The Morgan fingerprint density at radius 3 is 2.79 bits per heavy atom. The van der Waals surface area contributed by atoms with Crippen LogP contribution < -0.4 is 5.32 Å². The lowest BCUT2D eigenvalue weighted by molar-refractivity contribution is 0.234. The highest BCUT2D eigenvalue weighted by atomic mass is 16.3. The van der Waals surface area contributed by atoms with E-state index in [0.29, 0.717) is 5.56 Å². The maximum Gasteiger partial charge on any atom is 0.0992 e. The molecule has 0 aliphatic rings. The Kier molecular flexibility index (Phi) is 3.10. The number of nitrogens with zero attached hydrogens (tertiary/aromatic N) is 1. The van der Waals surface area contributed by atoms with Gasteiger partial charge < -0.3 is 10.4 Å². The molecule has 0 saturated heterocycles. The maximum atomic E-state index is 9.05. The van der Waals surface area contributed by atoms with Crippen LogP contribution in [0.3, 0.4) is 0 Å². The smallest absolute Gasteiger partial charge is 0.0992 e. The molecule has 1 aromatic rings. The Morgan fingerprint density at radius 2 is 2.21 bits per heavy atom. The van der Waals surface area contributed by atoms with E-state index in [-0.39, 0.29) is 12.1 Å². The van der Waals surface area contributed by atoms with Gasteiger partial charge in [-0.3, -0.25) is 0 Å². The molecule has 0 fully saturated rings. The van der Waals surface area contributed by atoms with Crippen molar-refractivity contribution in [2.24, 2.45) is 0 Å². The van der Waals surface area contributed by atoms with Gasteiger partial charge in [0.2, 0.25) is 0 Å². The van der Waals surface area contributed by atoms with Crippen molar-refractivity contribution in [3.63, 3.8) is 0 Å². The molecule has 0 radical (unpaired) electrons. The van der Waals surface area contributed by atoms with E-state index in [4.69, 9.17) is 10.4 Å².